The van der Waals surface area contributed by atoms with Crippen molar-refractivity contribution in [1.82, 2.24) is 0 Å². The highest BCUT2D eigenvalue weighted by atomic mass is 14.3. The van der Waals surface area contributed by atoms with Crippen molar-refractivity contribution in [2.45, 2.75) is 250 Å². The number of hydrogen-bond donors (Lipinski definition) is 0. The maximum Gasteiger partial charge on any atom is 0.0947 e. The lowest BCUT2D eigenvalue weighted by atomic mass is 9.77. The molecule has 50 heavy (non-hydrogen) atoms. The van der Waals surface area contributed by atoms with E-state index in [1.807, 2.05) is 20.8 Å². The SMILES string of the molecule is C=C(C)CC.C=C(CC(C)(C)CC)CC(C)(C)CC.CC.CCC(C)(C)/C=C(\C)CC(C)(C)CC.CC[C+](C)C.CC[C+](C)CC(C)(C)CC. The zero-order valence-corrected chi connectivity index (χ0v) is 40.5. The second kappa shape index (κ2) is 32.6. The van der Waals surface area contributed by atoms with Crippen molar-refractivity contribution in [3.05, 3.63) is 47.8 Å². The Morgan fingerprint density at radius 1 is 0.520 bits per heavy atom. The van der Waals surface area contributed by atoms with Gasteiger partial charge >= 0.3 is 0 Å². The van der Waals surface area contributed by atoms with Gasteiger partial charge in [0.05, 0.1) is 51.9 Å². The molecule has 0 aromatic carbocycles. The van der Waals surface area contributed by atoms with Crippen molar-refractivity contribution in [2.24, 2.45) is 27.1 Å². The minimum Gasteiger partial charge on any atom is -0.100 e. The van der Waals surface area contributed by atoms with E-state index in [0.29, 0.717) is 27.1 Å². The van der Waals surface area contributed by atoms with Crippen LogP contribution in [-0.2, 0) is 0 Å². The van der Waals surface area contributed by atoms with Crippen LogP contribution < -0.4 is 0 Å². The van der Waals surface area contributed by atoms with Crippen molar-refractivity contribution >= 4 is 0 Å². The highest BCUT2D eigenvalue weighted by Gasteiger charge is 2.25. The maximum absolute atomic E-state index is 4.22. The van der Waals surface area contributed by atoms with Crippen LogP contribution in [0.2, 0.25) is 0 Å². The van der Waals surface area contributed by atoms with E-state index in [4.69, 9.17) is 0 Å². The van der Waals surface area contributed by atoms with Crippen molar-refractivity contribution in [3.8, 4) is 0 Å². The summed E-state index contributed by atoms with van der Waals surface area (Å²) >= 11 is 0. The van der Waals surface area contributed by atoms with Gasteiger partial charge in [0, 0.05) is 5.41 Å². The minimum atomic E-state index is 0.369. The summed E-state index contributed by atoms with van der Waals surface area (Å²) in [4.78, 5) is 0. The lowest BCUT2D eigenvalue weighted by Gasteiger charge is -2.29. The first-order chi connectivity index (χ1) is 22.5. The fraction of sp³-hybridized carbons (Fsp3) is 0.840. The van der Waals surface area contributed by atoms with Crippen LogP contribution in [0.25, 0.3) is 0 Å². The standard InChI is InChI=1S/2C14H28.C10H21.C5H11.C5H10.C2H6/c2*1-8-13(4,5)10-12(3)11-14(6,7)9-2;1-6-9(3)8-10(4,5)7-2;2*1-4-5(2)3;1-2/h10H,8-9,11H2,1-7H3;3,8-11H2,1-2,4-7H3;6-8H2,1-5H3;4H2,1-3H3;2,4H2,1,3H3;1-2H3/q;;2*+1;;/b12-10+;;;;;. The van der Waals surface area contributed by atoms with Gasteiger partial charge in [0.2, 0.25) is 0 Å². The first-order valence-electron chi connectivity index (χ1n) is 21.1. The Morgan fingerprint density at radius 3 is 1.04 bits per heavy atom. The Hall–Kier alpha value is -1.04. The van der Waals surface area contributed by atoms with Crippen molar-refractivity contribution in [2.75, 3.05) is 0 Å². The molecule has 0 saturated heterocycles. The molecule has 0 aromatic rings. The van der Waals surface area contributed by atoms with Gasteiger partial charge in [0.1, 0.15) is 0 Å². The van der Waals surface area contributed by atoms with Crippen LogP contribution in [-0.4, -0.2) is 0 Å². The van der Waals surface area contributed by atoms with Crippen LogP contribution >= 0.6 is 0 Å². The zero-order chi connectivity index (χ0) is 41.6. The van der Waals surface area contributed by atoms with Crippen molar-refractivity contribution in [3.63, 3.8) is 0 Å². The second-order valence-corrected chi connectivity index (χ2v) is 19.0. The highest BCUT2D eigenvalue weighted by molar-refractivity contribution is 5.07. The summed E-state index contributed by atoms with van der Waals surface area (Å²) in [5.41, 5.74) is 6.44. The van der Waals surface area contributed by atoms with Crippen LogP contribution in [0.4, 0.5) is 0 Å². The van der Waals surface area contributed by atoms with Crippen LogP contribution in [0, 0.1) is 38.9 Å². The molecule has 0 heterocycles. The Balaban J connectivity index is -0.000000126. The lowest BCUT2D eigenvalue weighted by molar-refractivity contribution is 0.305. The minimum absolute atomic E-state index is 0.369. The largest absolute Gasteiger partial charge is 0.100 e. The zero-order valence-electron chi connectivity index (χ0n) is 40.5. The number of rotatable bonds is 17. The fourth-order valence-corrected chi connectivity index (χ4v) is 4.43. The second-order valence-electron chi connectivity index (χ2n) is 19.0. The van der Waals surface area contributed by atoms with E-state index < -0.39 is 0 Å². The molecule has 0 bridgehead atoms. The predicted molar refractivity (Wildman–Crippen MR) is 242 cm³/mol. The summed E-state index contributed by atoms with van der Waals surface area (Å²) in [7, 11) is 0. The molecule has 302 valence electrons. The molecule has 0 aliphatic heterocycles. The Bertz CT molecular complexity index is 772. The van der Waals surface area contributed by atoms with Gasteiger partial charge in [-0.3, -0.25) is 0 Å². The highest BCUT2D eigenvalue weighted by Crippen LogP contribution is 2.35. The van der Waals surface area contributed by atoms with Crippen molar-refractivity contribution < 1.29 is 0 Å². The molecule has 0 fully saturated rings. The molecule has 0 N–H and O–H groups in total. The molecule has 0 rings (SSSR count). The quantitative estimate of drug-likeness (QED) is 0.104. The van der Waals surface area contributed by atoms with Gasteiger partial charge in [-0.05, 0) is 87.9 Å². The molecule has 0 heteroatoms. The fourth-order valence-electron chi connectivity index (χ4n) is 4.43. The molecule has 0 aliphatic carbocycles. The summed E-state index contributed by atoms with van der Waals surface area (Å²) in [5.74, 6) is 3.14. The predicted octanol–water partition coefficient (Wildman–Crippen LogP) is 19.2. The van der Waals surface area contributed by atoms with Crippen molar-refractivity contribution in [1.29, 1.82) is 0 Å². The molecule has 0 nitrogen and oxygen atoms in total. The molecule has 0 saturated carbocycles. The van der Waals surface area contributed by atoms with Gasteiger partial charge in [0.25, 0.3) is 0 Å². The average molecular weight is 705 g/mol. The van der Waals surface area contributed by atoms with Crippen LogP contribution in [0.5, 0.6) is 0 Å². The van der Waals surface area contributed by atoms with Gasteiger partial charge in [-0.2, -0.15) is 0 Å². The third-order valence-corrected chi connectivity index (χ3v) is 10.3. The van der Waals surface area contributed by atoms with Gasteiger partial charge in [-0.25, -0.2) is 0 Å². The first-order valence-corrected chi connectivity index (χ1v) is 21.1. The summed E-state index contributed by atoms with van der Waals surface area (Å²) in [6, 6.07) is 0. The van der Waals surface area contributed by atoms with E-state index >= 15 is 0 Å². The molecule has 0 aromatic heterocycles. The first kappa shape index (κ1) is 61.0. The normalized spacial score (nSPS) is 11.7. The van der Waals surface area contributed by atoms with E-state index in [2.05, 4.69) is 172 Å². The van der Waals surface area contributed by atoms with E-state index in [9.17, 15) is 0 Å². The van der Waals surface area contributed by atoms with E-state index in [1.54, 1.807) is 11.5 Å². The van der Waals surface area contributed by atoms with E-state index in [0.717, 1.165) is 6.42 Å². The Labute approximate surface area is 324 Å². The molecule has 0 atom stereocenters. The third-order valence-electron chi connectivity index (χ3n) is 10.3. The summed E-state index contributed by atoms with van der Waals surface area (Å²) in [6.07, 6.45) is 17.1. The molecule has 0 aliphatic rings. The van der Waals surface area contributed by atoms with Crippen LogP contribution in [0.1, 0.15) is 250 Å². The molecule has 0 unspecified atom stereocenters. The molecule has 0 radical (unpaired) electrons. The molecule has 0 spiro atoms. The Kier molecular flexibility index (Phi) is 39.8. The lowest BCUT2D eigenvalue weighted by Crippen LogP contribution is -2.15. The molecular weight excluding hydrogens is 601 g/mol. The smallest absolute Gasteiger partial charge is 0.0947 e. The number of allylic oxidation sites excluding steroid dienone is 4. The maximum atomic E-state index is 4.22. The summed E-state index contributed by atoms with van der Waals surface area (Å²) in [5, 5.41) is 0. The number of hydrogen-bond acceptors (Lipinski definition) is 0. The van der Waals surface area contributed by atoms with Gasteiger partial charge < -0.3 is 0 Å². The summed E-state index contributed by atoms with van der Waals surface area (Å²) < 4.78 is 0. The Morgan fingerprint density at radius 2 is 0.820 bits per heavy atom. The van der Waals surface area contributed by atoms with Crippen LogP contribution in [0.3, 0.4) is 0 Å². The van der Waals surface area contributed by atoms with Gasteiger partial charge in [-0.15, -0.1) is 6.58 Å². The van der Waals surface area contributed by atoms with E-state index in [-0.39, 0.29) is 0 Å². The van der Waals surface area contributed by atoms with E-state index in [1.165, 1.54) is 87.7 Å². The molecule has 0 amide bonds. The average Bonchev–Trinajstić information content (AvgIpc) is 3.01. The monoisotopic (exact) mass is 705 g/mol. The topological polar surface area (TPSA) is 0 Å². The van der Waals surface area contributed by atoms with Crippen LogP contribution in [0.15, 0.2) is 36.0 Å². The van der Waals surface area contributed by atoms with Gasteiger partial charge in [-0.1, -0.05) is 173 Å². The third kappa shape index (κ3) is 49.1. The molecular formula is C50H104+2. The van der Waals surface area contributed by atoms with Gasteiger partial charge in [0.15, 0.2) is 0 Å². The summed E-state index contributed by atoms with van der Waals surface area (Å²) in [6.45, 7) is 63.9.